The van der Waals surface area contributed by atoms with Gasteiger partial charge in [0.1, 0.15) is 18.6 Å². The summed E-state index contributed by atoms with van der Waals surface area (Å²) in [4.78, 5) is 36.7. The van der Waals surface area contributed by atoms with Crippen LogP contribution in [0, 0.1) is 0 Å². The molecule has 0 amide bonds. The summed E-state index contributed by atoms with van der Waals surface area (Å²) in [5, 5.41) is 0. The van der Waals surface area contributed by atoms with E-state index in [1.165, 1.54) is 160 Å². The third kappa shape index (κ3) is 27.8. The minimum atomic E-state index is -0.445. The van der Waals surface area contributed by atoms with E-state index in [9.17, 15) is 14.4 Å². The molecule has 0 bridgehead atoms. The van der Waals surface area contributed by atoms with Crippen LogP contribution in [0.3, 0.4) is 0 Å². The maximum Gasteiger partial charge on any atom is 0.311 e. The Morgan fingerprint density at radius 2 is 0.833 bits per heavy atom. The van der Waals surface area contributed by atoms with Gasteiger partial charge < -0.3 is 13.9 Å². The molecule has 0 fully saturated rings. The molecular formula is C42H74O6. The van der Waals surface area contributed by atoms with Gasteiger partial charge in [-0.3, -0.25) is 14.4 Å². The number of unbranched alkanes of at least 4 members (excludes halogenated alkanes) is 28. The van der Waals surface area contributed by atoms with E-state index in [1.807, 2.05) is 0 Å². The van der Waals surface area contributed by atoms with E-state index >= 15 is 0 Å². The zero-order chi connectivity index (χ0) is 34.8. The van der Waals surface area contributed by atoms with Crippen LogP contribution in [-0.2, 0) is 20.9 Å². The maximum atomic E-state index is 12.4. The smallest absolute Gasteiger partial charge is 0.311 e. The number of rotatable bonds is 35. The van der Waals surface area contributed by atoms with Gasteiger partial charge in [0.2, 0.25) is 11.2 Å². The molecular weight excluding hydrogens is 600 g/mol. The molecule has 1 heterocycles. The molecule has 0 spiro atoms. The molecule has 1 aromatic heterocycles. The van der Waals surface area contributed by atoms with Crippen LogP contribution in [0.5, 0.6) is 5.75 Å². The molecule has 6 nitrogen and oxygen atoms in total. The lowest BCUT2D eigenvalue weighted by Gasteiger charge is -2.06. The van der Waals surface area contributed by atoms with Gasteiger partial charge in [0.15, 0.2) is 0 Å². The molecule has 1 aromatic rings. The van der Waals surface area contributed by atoms with Gasteiger partial charge in [-0.2, -0.15) is 0 Å². The van der Waals surface area contributed by atoms with Crippen LogP contribution in [0.4, 0.5) is 0 Å². The van der Waals surface area contributed by atoms with Crippen molar-refractivity contribution in [2.45, 2.75) is 226 Å². The summed E-state index contributed by atoms with van der Waals surface area (Å²) in [5.41, 5.74) is -0.445. The Bertz CT molecular complexity index is 938. The molecule has 0 N–H and O–H groups in total. The van der Waals surface area contributed by atoms with Gasteiger partial charge in [-0.05, 0) is 12.8 Å². The summed E-state index contributed by atoms with van der Waals surface area (Å²) in [6, 6.07) is 1.23. The highest BCUT2D eigenvalue weighted by molar-refractivity contribution is 5.72. The van der Waals surface area contributed by atoms with Gasteiger partial charge >= 0.3 is 11.9 Å². The van der Waals surface area contributed by atoms with Gasteiger partial charge in [0.05, 0.1) is 0 Å². The number of esters is 2. The molecule has 278 valence electrons. The van der Waals surface area contributed by atoms with E-state index in [0.717, 1.165) is 44.8 Å². The van der Waals surface area contributed by atoms with Crippen LogP contribution < -0.4 is 10.2 Å². The largest absolute Gasteiger partial charge is 0.462 e. The average Bonchev–Trinajstić information content (AvgIpc) is 3.08. The predicted molar refractivity (Wildman–Crippen MR) is 200 cm³/mol. The Hall–Kier alpha value is -2.11. The second kappa shape index (κ2) is 33.4. The number of hydrogen-bond donors (Lipinski definition) is 0. The van der Waals surface area contributed by atoms with Crippen molar-refractivity contribution in [3.05, 3.63) is 28.3 Å². The molecule has 0 unspecified atom stereocenters. The monoisotopic (exact) mass is 675 g/mol. The second-order valence-corrected chi connectivity index (χ2v) is 14.1. The zero-order valence-corrected chi connectivity index (χ0v) is 31.4. The van der Waals surface area contributed by atoms with E-state index < -0.39 is 11.4 Å². The third-order valence-corrected chi connectivity index (χ3v) is 9.42. The van der Waals surface area contributed by atoms with Crippen molar-refractivity contribution in [1.29, 1.82) is 0 Å². The highest BCUT2D eigenvalue weighted by Gasteiger charge is 2.12. The van der Waals surface area contributed by atoms with E-state index in [0.29, 0.717) is 6.42 Å². The fourth-order valence-corrected chi connectivity index (χ4v) is 6.27. The fourth-order valence-electron chi connectivity index (χ4n) is 6.27. The van der Waals surface area contributed by atoms with Crippen LogP contribution in [0.2, 0.25) is 0 Å². The van der Waals surface area contributed by atoms with Crippen molar-refractivity contribution < 1.29 is 23.5 Å². The van der Waals surface area contributed by atoms with Gasteiger partial charge in [0, 0.05) is 18.9 Å². The summed E-state index contributed by atoms with van der Waals surface area (Å²) in [6.07, 6.45) is 40.1. The summed E-state index contributed by atoms with van der Waals surface area (Å²) in [6.45, 7) is 4.43. The number of hydrogen-bond acceptors (Lipinski definition) is 6. The van der Waals surface area contributed by atoms with Crippen molar-refractivity contribution in [2.24, 2.45) is 0 Å². The van der Waals surface area contributed by atoms with Crippen molar-refractivity contribution in [1.82, 2.24) is 0 Å². The fraction of sp³-hybridized carbons (Fsp3) is 0.833. The number of ether oxygens (including phenoxy) is 2. The topological polar surface area (TPSA) is 82.8 Å². The van der Waals surface area contributed by atoms with Crippen LogP contribution in [-0.4, -0.2) is 11.9 Å². The standard InChI is InChI=1S/C42H74O6/c1-3-5-7-9-11-13-15-17-19-21-23-25-27-29-31-33-41(44)47-36-38-35-39(43)40(37-46-38)48-42(45)34-32-30-28-26-24-22-20-18-16-14-12-10-8-6-4-2/h35,37H,3-34,36H2,1-2H3. The van der Waals surface area contributed by atoms with Crippen LogP contribution in [0.15, 0.2) is 21.5 Å². The maximum absolute atomic E-state index is 12.4. The first kappa shape index (κ1) is 43.9. The number of carbonyl (C=O) groups excluding carboxylic acids is 2. The molecule has 0 aliphatic heterocycles. The van der Waals surface area contributed by atoms with E-state index in [-0.39, 0.29) is 30.5 Å². The molecule has 0 atom stereocenters. The second-order valence-electron chi connectivity index (χ2n) is 14.1. The normalized spacial score (nSPS) is 11.2. The molecule has 0 radical (unpaired) electrons. The van der Waals surface area contributed by atoms with Crippen molar-refractivity contribution in [3.8, 4) is 5.75 Å². The molecule has 0 saturated carbocycles. The lowest BCUT2D eigenvalue weighted by atomic mass is 10.0. The summed E-state index contributed by atoms with van der Waals surface area (Å²) < 4.78 is 15.9. The molecule has 0 aromatic carbocycles. The number of carbonyl (C=O) groups is 2. The Morgan fingerprint density at radius 3 is 1.19 bits per heavy atom. The zero-order valence-electron chi connectivity index (χ0n) is 31.4. The van der Waals surface area contributed by atoms with Crippen LogP contribution in [0.25, 0.3) is 0 Å². The minimum Gasteiger partial charge on any atom is -0.462 e. The molecule has 0 saturated heterocycles. The summed E-state index contributed by atoms with van der Waals surface area (Å²) in [5.74, 6) is -0.577. The van der Waals surface area contributed by atoms with Crippen LogP contribution >= 0.6 is 0 Å². The summed E-state index contributed by atoms with van der Waals surface area (Å²) >= 11 is 0. The third-order valence-electron chi connectivity index (χ3n) is 9.42. The molecule has 0 aliphatic carbocycles. The van der Waals surface area contributed by atoms with E-state index in [2.05, 4.69) is 13.8 Å². The first-order valence-electron chi connectivity index (χ1n) is 20.5. The Kier molecular flexibility index (Phi) is 30.5. The minimum absolute atomic E-state index is 0.0971. The SMILES string of the molecule is CCCCCCCCCCCCCCCCCC(=O)OCc1cc(=O)c(OC(=O)CCCCCCCCCCCCCCCCC)co1. The van der Waals surface area contributed by atoms with Gasteiger partial charge in [-0.15, -0.1) is 0 Å². The van der Waals surface area contributed by atoms with E-state index in [1.54, 1.807) is 0 Å². The lowest BCUT2D eigenvalue weighted by Crippen LogP contribution is -2.15. The average molecular weight is 675 g/mol. The molecule has 48 heavy (non-hydrogen) atoms. The van der Waals surface area contributed by atoms with Gasteiger partial charge in [0.25, 0.3) is 0 Å². The van der Waals surface area contributed by atoms with Crippen molar-refractivity contribution in [3.63, 3.8) is 0 Å². The molecule has 6 heteroatoms. The Morgan fingerprint density at radius 1 is 0.500 bits per heavy atom. The van der Waals surface area contributed by atoms with Gasteiger partial charge in [-0.25, -0.2) is 0 Å². The predicted octanol–water partition coefficient (Wildman–Crippen LogP) is 13.1. The van der Waals surface area contributed by atoms with E-state index in [4.69, 9.17) is 13.9 Å². The summed E-state index contributed by atoms with van der Waals surface area (Å²) in [7, 11) is 0. The van der Waals surface area contributed by atoms with Crippen LogP contribution in [0.1, 0.15) is 225 Å². The first-order valence-corrected chi connectivity index (χ1v) is 20.5. The van der Waals surface area contributed by atoms with Crippen molar-refractivity contribution >= 4 is 11.9 Å². The molecule has 1 rings (SSSR count). The highest BCUT2D eigenvalue weighted by atomic mass is 16.6. The first-order chi connectivity index (χ1) is 23.6. The lowest BCUT2D eigenvalue weighted by molar-refractivity contribution is -0.145. The quantitative estimate of drug-likeness (QED) is 0.0526. The Labute approximate surface area is 294 Å². The van der Waals surface area contributed by atoms with Gasteiger partial charge in [-0.1, -0.05) is 194 Å². The highest BCUT2D eigenvalue weighted by Crippen LogP contribution is 2.16. The van der Waals surface area contributed by atoms with Crippen molar-refractivity contribution in [2.75, 3.05) is 0 Å². The molecule has 0 aliphatic rings. The Balaban J connectivity index is 1.98.